The molecule has 1 N–H and O–H groups in total. The molecule has 0 fully saturated rings. The van der Waals surface area contributed by atoms with E-state index in [0.29, 0.717) is 15.9 Å². The summed E-state index contributed by atoms with van der Waals surface area (Å²) in [5.74, 6) is 0.268. The summed E-state index contributed by atoms with van der Waals surface area (Å²) in [7, 11) is 0. The Balaban J connectivity index is 2.09. The molecule has 0 saturated carbocycles. The van der Waals surface area contributed by atoms with Crippen LogP contribution in [-0.4, -0.2) is 9.97 Å². The minimum Gasteiger partial charge on any atom is -0.307 e. The molecule has 0 unspecified atom stereocenters. The van der Waals surface area contributed by atoms with Crippen LogP contribution >= 0.6 is 15.9 Å². The number of fused-ring (bicyclic) bond motifs is 1. The van der Waals surface area contributed by atoms with E-state index < -0.39 is 0 Å². The van der Waals surface area contributed by atoms with Gasteiger partial charge in [0.25, 0.3) is 0 Å². The highest BCUT2D eigenvalue weighted by Crippen LogP contribution is 2.23. The van der Waals surface area contributed by atoms with E-state index in [1.54, 1.807) is 6.20 Å². The summed E-state index contributed by atoms with van der Waals surface area (Å²) < 4.78 is 14.0. The molecule has 86 valence electrons. The van der Waals surface area contributed by atoms with Crippen LogP contribution in [0.3, 0.4) is 0 Å². The van der Waals surface area contributed by atoms with Crippen LogP contribution in [0, 0.1) is 5.82 Å². The van der Waals surface area contributed by atoms with Gasteiger partial charge in [0.15, 0.2) is 5.82 Å². The van der Waals surface area contributed by atoms with Crippen molar-refractivity contribution in [3.63, 3.8) is 0 Å². The first kappa shape index (κ1) is 10.8. The second kappa shape index (κ2) is 4.16. The molecule has 0 radical (unpaired) electrons. The zero-order valence-corrected chi connectivity index (χ0v) is 10.5. The van der Waals surface area contributed by atoms with Gasteiger partial charge in [0.2, 0.25) is 0 Å². The van der Waals surface area contributed by atoms with E-state index in [2.05, 4.69) is 31.2 Å². The van der Waals surface area contributed by atoms with Gasteiger partial charge in [-0.05, 0) is 18.2 Å². The van der Waals surface area contributed by atoms with E-state index in [1.807, 2.05) is 6.07 Å². The van der Waals surface area contributed by atoms with Crippen molar-refractivity contribution in [3.8, 4) is 11.4 Å². The third-order valence-electron chi connectivity index (χ3n) is 2.68. The summed E-state index contributed by atoms with van der Waals surface area (Å²) >= 11 is 3.26. The van der Waals surface area contributed by atoms with E-state index in [-0.39, 0.29) is 5.82 Å². The molecular weight excluding hydrogens is 285 g/mol. The molecule has 2 heterocycles. The van der Waals surface area contributed by atoms with Gasteiger partial charge in [0, 0.05) is 34.9 Å². The number of hydrogen-bond acceptors (Lipinski definition) is 3. The number of rotatable bonds is 1. The van der Waals surface area contributed by atoms with E-state index >= 15 is 0 Å². The largest absolute Gasteiger partial charge is 0.307 e. The smallest absolute Gasteiger partial charge is 0.159 e. The number of nitrogens with one attached hydrogen (secondary N) is 1. The molecule has 3 rings (SSSR count). The van der Waals surface area contributed by atoms with Gasteiger partial charge in [0.1, 0.15) is 5.82 Å². The third kappa shape index (κ3) is 2.08. The zero-order valence-electron chi connectivity index (χ0n) is 8.87. The highest BCUT2D eigenvalue weighted by Gasteiger charge is 2.14. The highest BCUT2D eigenvalue weighted by atomic mass is 79.9. The summed E-state index contributed by atoms with van der Waals surface area (Å²) in [5, 5.41) is 3.20. The van der Waals surface area contributed by atoms with Crippen molar-refractivity contribution >= 4 is 15.9 Å². The number of halogens is 2. The Bertz CT molecular complexity index is 566. The van der Waals surface area contributed by atoms with Crippen LogP contribution in [0.15, 0.2) is 28.9 Å². The molecule has 0 bridgehead atoms. The molecule has 1 aliphatic rings. The van der Waals surface area contributed by atoms with E-state index in [1.165, 1.54) is 12.1 Å². The summed E-state index contributed by atoms with van der Waals surface area (Å²) in [6, 6.07) is 4.67. The first-order chi connectivity index (χ1) is 8.22. The summed E-state index contributed by atoms with van der Waals surface area (Å²) in [6.45, 7) is 1.56. The SMILES string of the molecule is Fc1cc(Br)cc(-c2ncc3c(n2)CNC3)c1. The normalized spacial score (nSPS) is 13.8. The van der Waals surface area contributed by atoms with Crippen LogP contribution in [0.4, 0.5) is 4.39 Å². The fourth-order valence-electron chi connectivity index (χ4n) is 1.88. The van der Waals surface area contributed by atoms with Gasteiger partial charge in [-0.15, -0.1) is 0 Å². The van der Waals surface area contributed by atoms with Crippen LogP contribution in [-0.2, 0) is 13.1 Å². The minimum absolute atomic E-state index is 0.295. The molecule has 0 saturated heterocycles. The maximum absolute atomic E-state index is 13.3. The monoisotopic (exact) mass is 293 g/mol. The van der Waals surface area contributed by atoms with Crippen molar-refractivity contribution in [2.45, 2.75) is 13.1 Å². The Morgan fingerprint density at radius 3 is 2.94 bits per heavy atom. The van der Waals surface area contributed by atoms with Gasteiger partial charge in [-0.2, -0.15) is 0 Å². The molecule has 17 heavy (non-hydrogen) atoms. The number of benzene rings is 1. The van der Waals surface area contributed by atoms with Crippen LogP contribution in [0.25, 0.3) is 11.4 Å². The Labute approximate surface area is 106 Å². The van der Waals surface area contributed by atoms with E-state index in [4.69, 9.17) is 0 Å². The lowest BCUT2D eigenvalue weighted by Crippen LogP contribution is -2.00. The van der Waals surface area contributed by atoms with Crippen LogP contribution < -0.4 is 5.32 Å². The number of hydrogen-bond donors (Lipinski definition) is 1. The Morgan fingerprint density at radius 2 is 2.12 bits per heavy atom. The first-order valence-electron chi connectivity index (χ1n) is 5.24. The number of aromatic nitrogens is 2. The first-order valence-corrected chi connectivity index (χ1v) is 6.03. The lowest BCUT2D eigenvalue weighted by atomic mass is 10.2. The van der Waals surface area contributed by atoms with Gasteiger partial charge in [-0.1, -0.05) is 15.9 Å². The predicted octanol–water partition coefficient (Wildman–Crippen LogP) is 2.65. The summed E-state index contributed by atoms with van der Waals surface area (Å²) in [6.07, 6.45) is 1.80. The molecular formula is C12H9BrFN3. The average Bonchev–Trinajstić information content (AvgIpc) is 2.74. The predicted molar refractivity (Wildman–Crippen MR) is 65.7 cm³/mol. The molecule has 3 nitrogen and oxygen atoms in total. The minimum atomic E-state index is -0.295. The van der Waals surface area contributed by atoms with Crippen molar-refractivity contribution in [1.29, 1.82) is 0 Å². The van der Waals surface area contributed by atoms with Crippen LogP contribution in [0.1, 0.15) is 11.3 Å². The maximum Gasteiger partial charge on any atom is 0.159 e. The standard InChI is InChI=1S/C12H9BrFN3/c13-9-1-7(2-10(14)3-9)12-16-5-8-4-15-6-11(8)17-12/h1-3,5,15H,4,6H2. The lowest BCUT2D eigenvalue weighted by molar-refractivity contribution is 0.627. The van der Waals surface area contributed by atoms with Crippen LogP contribution in [0.5, 0.6) is 0 Å². The van der Waals surface area contributed by atoms with E-state index in [9.17, 15) is 4.39 Å². The molecule has 1 aromatic carbocycles. The summed E-state index contributed by atoms with van der Waals surface area (Å²) in [5.41, 5.74) is 2.80. The van der Waals surface area contributed by atoms with Crippen LogP contribution in [0.2, 0.25) is 0 Å². The van der Waals surface area contributed by atoms with Gasteiger partial charge in [0.05, 0.1) is 5.69 Å². The van der Waals surface area contributed by atoms with Crippen molar-refractivity contribution in [3.05, 3.63) is 45.9 Å². The van der Waals surface area contributed by atoms with Crippen molar-refractivity contribution in [1.82, 2.24) is 15.3 Å². The van der Waals surface area contributed by atoms with Gasteiger partial charge in [-0.3, -0.25) is 0 Å². The van der Waals surface area contributed by atoms with Gasteiger partial charge < -0.3 is 5.32 Å². The van der Waals surface area contributed by atoms with E-state index in [0.717, 1.165) is 24.3 Å². The third-order valence-corrected chi connectivity index (χ3v) is 3.14. The fraction of sp³-hybridized carbons (Fsp3) is 0.167. The molecule has 5 heteroatoms. The maximum atomic E-state index is 13.3. The average molecular weight is 294 g/mol. The van der Waals surface area contributed by atoms with Crippen molar-refractivity contribution in [2.24, 2.45) is 0 Å². The molecule has 0 atom stereocenters. The van der Waals surface area contributed by atoms with Gasteiger partial charge >= 0.3 is 0 Å². The number of nitrogens with zero attached hydrogens (tertiary/aromatic N) is 2. The molecule has 1 aliphatic heterocycles. The quantitative estimate of drug-likeness (QED) is 0.878. The Kier molecular flexibility index (Phi) is 2.64. The molecule has 1 aromatic heterocycles. The highest BCUT2D eigenvalue weighted by molar-refractivity contribution is 9.10. The second-order valence-corrected chi connectivity index (χ2v) is 4.84. The lowest BCUT2D eigenvalue weighted by Gasteiger charge is -2.03. The molecule has 0 amide bonds. The summed E-state index contributed by atoms with van der Waals surface area (Å²) in [4.78, 5) is 8.71. The van der Waals surface area contributed by atoms with Gasteiger partial charge in [-0.25, -0.2) is 14.4 Å². The molecule has 0 aliphatic carbocycles. The molecule has 0 spiro atoms. The Morgan fingerprint density at radius 1 is 1.24 bits per heavy atom. The Hall–Kier alpha value is -1.33. The zero-order chi connectivity index (χ0) is 11.8. The topological polar surface area (TPSA) is 37.8 Å². The second-order valence-electron chi connectivity index (χ2n) is 3.93. The van der Waals surface area contributed by atoms with Crippen molar-refractivity contribution < 1.29 is 4.39 Å². The molecule has 2 aromatic rings. The van der Waals surface area contributed by atoms with Crippen molar-refractivity contribution in [2.75, 3.05) is 0 Å². The fourth-order valence-corrected chi connectivity index (χ4v) is 2.35.